The van der Waals surface area contributed by atoms with Gasteiger partial charge in [-0.05, 0) is 39.7 Å². The molecule has 0 aliphatic heterocycles. The average Bonchev–Trinajstić information content (AvgIpc) is 2.16. The fraction of sp³-hybridized carbons (Fsp3) is 0.917. The van der Waals surface area contributed by atoms with E-state index in [-0.39, 0.29) is 18.1 Å². The number of amides is 1. The third-order valence-electron chi connectivity index (χ3n) is 2.39. The van der Waals surface area contributed by atoms with E-state index in [0.717, 1.165) is 32.2 Å². The Hall–Kier alpha value is -0.610. The third-order valence-corrected chi connectivity index (χ3v) is 2.39. The third kappa shape index (κ3) is 9.93. The van der Waals surface area contributed by atoms with Gasteiger partial charge in [0.2, 0.25) is 5.91 Å². The lowest BCUT2D eigenvalue weighted by Crippen LogP contribution is -2.39. The fourth-order valence-electron chi connectivity index (χ4n) is 1.56. The van der Waals surface area contributed by atoms with Crippen LogP contribution in [0.2, 0.25) is 0 Å². The maximum Gasteiger partial charge on any atom is 0.234 e. The van der Waals surface area contributed by atoms with Gasteiger partial charge in [0.05, 0.1) is 12.6 Å². The highest BCUT2D eigenvalue weighted by Crippen LogP contribution is 1.94. The Bertz CT molecular complexity index is 184. The van der Waals surface area contributed by atoms with Gasteiger partial charge in [-0.15, -0.1) is 0 Å². The number of carbonyl (C=O) groups is 1. The summed E-state index contributed by atoms with van der Waals surface area (Å²) in [4.78, 5) is 11.4. The van der Waals surface area contributed by atoms with E-state index in [2.05, 4.69) is 17.6 Å². The van der Waals surface area contributed by atoms with Crippen molar-refractivity contribution >= 4 is 5.91 Å². The van der Waals surface area contributed by atoms with Crippen molar-refractivity contribution in [2.24, 2.45) is 0 Å². The van der Waals surface area contributed by atoms with Crippen molar-refractivity contribution in [1.82, 2.24) is 10.6 Å². The number of aliphatic hydroxyl groups is 1. The number of aliphatic hydroxyl groups excluding tert-OH is 1. The van der Waals surface area contributed by atoms with Crippen LogP contribution < -0.4 is 10.6 Å². The average molecular weight is 230 g/mol. The predicted octanol–water partition coefficient (Wildman–Crippen LogP) is 1.04. The Morgan fingerprint density at radius 3 is 2.56 bits per heavy atom. The number of carbonyl (C=O) groups excluding carboxylic acids is 1. The predicted molar refractivity (Wildman–Crippen MR) is 66.3 cm³/mol. The summed E-state index contributed by atoms with van der Waals surface area (Å²) >= 11 is 0. The summed E-state index contributed by atoms with van der Waals surface area (Å²) in [6, 6.07) is 0.261. The second-order valence-corrected chi connectivity index (χ2v) is 4.43. The van der Waals surface area contributed by atoms with Crippen LogP contribution >= 0.6 is 0 Å². The summed E-state index contributed by atoms with van der Waals surface area (Å²) in [5.74, 6) is 0.0537. The van der Waals surface area contributed by atoms with E-state index in [1.165, 1.54) is 0 Å². The van der Waals surface area contributed by atoms with E-state index in [1.54, 1.807) is 6.92 Å². The van der Waals surface area contributed by atoms with Gasteiger partial charge >= 0.3 is 0 Å². The van der Waals surface area contributed by atoms with Crippen molar-refractivity contribution in [2.45, 2.75) is 58.6 Å². The Morgan fingerprint density at radius 1 is 1.31 bits per heavy atom. The molecule has 0 rings (SSSR count). The van der Waals surface area contributed by atoms with Crippen LogP contribution in [0.25, 0.3) is 0 Å². The SMILES string of the molecule is CCCC(C)NC(=O)CNCCCC(C)O. The fourth-order valence-corrected chi connectivity index (χ4v) is 1.56. The second-order valence-electron chi connectivity index (χ2n) is 4.43. The van der Waals surface area contributed by atoms with Gasteiger partial charge in [0, 0.05) is 6.04 Å². The van der Waals surface area contributed by atoms with Gasteiger partial charge in [-0.1, -0.05) is 13.3 Å². The Labute approximate surface area is 98.8 Å². The highest BCUT2D eigenvalue weighted by Gasteiger charge is 2.05. The summed E-state index contributed by atoms with van der Waals surface area (Å²) in [5.41, 5.74) is 0. The van der Waals surface area contributed by atoms with Crippen molar-refractivity contribution in [2.75, 3.05) is 13.1 Å². The zero-order valence-electron chi connectivity index (χ0n) is 10.8. The molecule has 96 valence electrons. The van der Waals surface area contributed by atoms with Gasteiger partial charge < -0.3 is 15.7 Å². The van der Waals surface area contributed by atoms with Gasteiger partial charge in [-0.25, -0.2) is 0 Å². The first kappa shape index (κ1) is 15.4. The number of rotatable bonds is 9. The molecule has 4 nitrogen and oxygen atoms in total. The molecule has 0 aromatic heterocycles. The minimum Gasteiger partial charge on any atom is -0.393 e. The minimum atomic E-state index is -0.250. The van der Waals surface area contributed by atoms with Crippen LogP contribution in [0, 0.1) is 0 Å². The van der Waals surface area contributed by atoms with Crippen LogP contribution in [0.3, 0.4) is 0 Å². The number of hydrogen-bond donors (Lipinski definition) is 3. The van der Waals surface area contributed by atoms with Crippen LogP contribution in [0.15, 0.2) is 0 Å². The zero-order chi connectivity index (χ0) is 12.4. The van der Waals surface area contributed by atoms with Crippen molar-refractivity contribution in [3.8, 4) is 0 Å². The smallest absolute Gasteiger partial charge is 0.234 e. The maximum atomic E-state index is 11.4. The van der Waals surface area contributed by atoms with E-state index in [1.807, 2.05) is 6.92 Å². The molecular weight excluding hydrogens is 204 g/mol. The first-order chi connectivity index (χ1) is 7.56. The highest BCUT2D eigenvalue weighted by atomic mass is 16.3. The molecule has 1 amide bonds. The molecule has 0 aromatic carbocycles. The molecule has 0 radical (unpaired) electrons. The molecule has 0 aromatic rings. The molecule has 0 aliphatic carbocycles. The largest absolute Gasteiger partial charge is 0.393 e. The minimum absolute atomic E-state index is 0.0537. The monoisotopic (exact) mass is 230 g/mol. The van der Waals surface area contributed by atoms with Crippen LogP contribution in [-0.4, -0.2) is 36.2 Å². The summed E-state index contributed by atoms with van der Waals surface area (Å²) in [6.45, 7) is 7.05. The molecule has 16 heavy (non-hydrogen) atoms. The molecular formula is C12H26N2O2. The van der Waals surface area contributed by atoms with Crippen LogP contribution in [-0.2, 0) is 4.79 Å². The van der Waals surface area contributed by atoms with Crippen molar-refractivity contribution in [1.29, 1.82) is 0 Å². The Morgan fingerprint density at radius 2 is 2.00 bits per heavy atom. The van der Waals surface area contributed by atoms with Crippen LogP contribution in [0.4, 0.5) is 0 Å². The van der Waals surface area contributed by atoms with E-state index in [0.29, 0.717) is 6.54 Å². The Kier molecular flexibility index (Phi) is 9.24. The van der Waals surface area contributed by atoms with Gasteiger partial charge in [0.15, 0.2) is 0 Å². The molecule has 0 saturated heterocycles. The first-order valence-electron chi connectivity index (χ1n) is 6.24. The van der Waals surface area contributed by atoms with Gasteiger partial charge in [-0.3, -0.25) is 4.79 Å². The van der Waals surface area contributed by atoms with Crippen molar-refractivity contribution < 1.29 is 9.90 Å². The lowest BCUT2D eigenvalue weighted by atomic mass is 10.2. The number of hydrogen-bond acceptors (Lipinski definition) is 3. The normalized spacial score (nSPS) is 14.5. The molecule has 2 atom stereocenters. The molecule has 0 aliphatic rings. The van der Waals surface area contributed by atoms with E-state index >= 15 is 0 Å². The van der Waals surface area contributed by atoms with E-state index in [4.69, 9.17) is 5.11 Å². The summed E-state index contributed by atoms with van der Waals surface area (Å²) < 4.78 is 0. The standard InChI is InChI=1S/C12H26N2O2/c1-4-6-10(2)14-12(16)9-13-8-5-7-11(3)15/h10-11,13,15H,4-9H2,1-3H3,(H,14,16). The lowest BCUT2D eigenvalue weighted by molar-refractivity contribution is -0.120. The Balaban J connectivity index is 3.36. The number of nitrogens with one attached hydrogen (secondary N) is 2. The van der Waals surface area contributed by atoms with Crippen LogP contribution in [0.1, 0.15) is 46.5 Å². The zero-order valence-corrected chi connectivity index (χ0v) is 10.8. The topological polar surface area (TPSA) is 61.4 Å². The van der Waals surface area contributed by atoms with Crippen molar-refractivity contribution in [3.63, 3.8) is 0 Å². The quantitative estimate of drug-likeness (QED) is 0.519. The second kappa shape index (κ2) is 9.60. The molecule has 0 saturated carbocycles. The first-order valence-corrected chi connectivity index (χ1v) is 6.24. The molecule has 4 heteroatoms. The van der Waals surface area contributed by atoms with Crippen LogP contribution in [0.5, 0.6) is 0 Å². The van der Waals surface area contributed by atoms with Gasteiger partial charge in [0.1, 0.15) is 0 Å². The molecule has 0 heterocycles. The molecule has 2 unspecified atom stereocenters. The molecule has 0 spiro atoms. The highest BCUT2D eigenvalue weighted by molar-refractivity contribution is 5.78. The molecule has 0 fully saturated rings. The van der Waals surface area contributed by atoms with Gasteiger partial charge in [-0.2, -0.15) is 0 Å². The summed E-state index contributed by atoms with van der Waals surface area (Å²) in [6.07, 6.45) is 3.54. The van der Waals surface area contributed by atoms with E-state index < -0.39 is 0 Å². The van der Waals surface area contributed by atoms with Gasteiger partial charge in [0.25, 0.3) is 0 Å². The van der Waals surface area contributed by atoms with E-state index in [9.17, 15) is 4.79 Å². The summed E-state index contributed by atoms with van der Waals surface area (Å²) in [5, 5.41) is 15.0. The molecule has 0 bridgehead atoms. The maximum absolute atomic E-state index is 11.4. The van der Waals surface area contributed by atoms with Crippen molar-refractivity contribution in [3.05, 3.63) is 0 Å². The summed E-state index contributed by atoms with van der Waals surface area (Å²) in [7, 11) is 0. The lowest BCUT2D eigenvalue weighted by Gasteiger charge is -2.13. The molecule has 3 N–H and O–H groups in total.